The maximum absolute atomic E-state index is 18.6. The van der Waals surface area contributed by atoms with Crippen LogP contribution in [0.1, 0.15) is 145 Å². The minimum absolute atomic E-state index is 0.00144. The standard InChI is InChI=1S/C104H120F8N16O16/c1-9-137-97(129)50-17-33-58(34-18-50)113-67-49-66-68(84(115-60-37-21-52(22-38-60)99(131)139-11-3)83(67)114-59-35-19-51(20-36-59)98(130)138-10-2)90-120-89(66)121-91-69-70(76(106)80(110)79(109)75(69)105)92(122-91)123-93-71-72(78(108)82(112)81(111)77(71)107)94(124-93)126-96-74-73(95(125-90)128(96)127-65-47-31-57(32-48-65)104(136)144-16-8)85(116-61-39-23-53(24-40-61)100(132)140-12-4)87(118-63-43-27-55(28-44-63)102(134)142-14-6)88(119-64-45-29-56(30-46-64)103(135)143-15-7)86(74)117-62-41-25-54(26-42-62)101(133)141-13-5/h17-48,66-96,113-127H,9-16,49H2,1-8H3. The van der Waals surface area contributed by atoms with E-state index in [1.54, 1.807) is 242 Å². The number of alkyl halides is 8. The molecule has 5 aliphatic heterocycles. The molecule has 9 fully saturated rings. The molecule has 0 radical (unpaired) electrons. The average Bonchev–Trinajstić information content (AvgIpc) is 1.54. The summed E-state index contributed by atoms with van der Waals surface area (Å²) in [5.41, 5.74) is 8.19. The minimum atomic E-state index is -3.14. The van der Waals surface area contributed by atoms with Gasteiger partial charge in [0.1, 0.15) is 24.7 Å². The number of ether oxygens (including phenoxy) is 8. The normalized spacial score (nSPS) is 31.7. The van der Waals surface area contributed by atoms with Crippen LogP contribution in [0.3, 0.4) is 0 Å². The quantitative estimate of drug-likeness (QED) is 0.0106. The van der Waals surface area contributed by atoms with Crippen LogP contribution in [0.4, 0.5) is 80.6 Å². The lowest BCUT2D eigenvalue weighted by atomic mass is 9.66. The van der Waals surface area contributed by atoms with Crippen molar-refractivity contribution in [3.8, 4) is 0 Å². The lowest BCUT2D eigenvalue weighted by Crippen LogP contribution is -2.71. The molecule has 0 spiro atoms. The predicted molar refractivity (Wildman–Crippen MR) is 520 cm³/mol. The third-order valence-corrected chi connectivity index (χ3v) is 28.8. The number of fused-ring (bicyclic) bond motifs is 20. The number of hydrazine groups is 1. The Labute approximate surface area is 827 Å². The molecule has 8 bridgehead atoms. The summed E-state index contributed by atoms with van der Waals surface area (Å²) in [5.74, 6) is -17.0. The first-order valence-electron chi connectivity index (χ1n) is 49.2. The zero-order valence-electron chi connectivity index (χ0n) is 80.2. The molecule has 0 aromatic heterocycles. The van der Waals surface area contributed by atoms with Gasteiger partial charge in [-0.05, 0) is 262 Å². The van der Waals surface area contributed by atoms with Gasteiger partial charge in [-0.15, -0.1) is 0 Å². The van der Waals surface area contributed by atoms with Gasteiger partial charge in [0.15, 0.2) is 24.7 Å². The Hall–Kier alpha value is -13.0. The first kappa shape index (κ1) is 102. The number of carbonyl (C=O) groups excluding carboxylic acids is 8. The molecule has 4 aliphatic carbocycles. The van der Waals surface area contributed by atoms with E-state index < -0.39 is 236 Å². The van der Waals surface area contributed by atoms with Crippen LogP contribution < -0.4 is 79.9 Å². The Morgan fingerprint density at radius 3 is 0.674 bits per heavy atom. The molecule has 15 N–H and O–H groups in total. The van der Waals surface area contributed by atoms with Crippen LogP contribution in [0.5, 0.6) is 0 Å². The van der Waals surface area contributed by atoms with Crippen LogP contribution in [0.25, 0.3) is 0 Å². The van der Waals surface area contributed by atoms with E-state index in [0.29, 0.717) is 39.8 Å². The van der Waals surface area contributed by atoms with Crippen LogP contribution in [0, 0.1) is 47.3 Å². The van der Waals surface area contributed by atoms with Gasteiger partial charge in [0.05, 0.1) is 183 Å². The lowest BCUT2D eigenvalue weighted by Gasteiger charge is -2.53. The number of hydrogen-bond acceptors (Lipinski definition) is 32. The van der Waals surface area contributed by atoms with Crippen LogP contribution in [-0.2, 0) is 37.9 Å². The number of nitrogens with one attached hydrogen (secondary N) is 15. The van der Waals surface area contributed by atoms with Crippen molar-refractivity contribution in [3.63, 3.8) is 0 Å². The van der Waals surface area contributed by atoms with E-state index in [0.717, 1.165) is 0 Å². The van der Waals surface area contributed by atoms with Crippen LogP contribution in [-0.4, -0.2) is 247 Å². The van der Waals surface area contributed by atoms with Crippen molar-refractivity contribution in [1.82, 2.24) is 42.2 Å². The van der Waals surface area contributed by atoms with E-state index in [1.807, 2.05) is 0 Å². The van der Waals surface area contributed by atoms with Gasteiger partial charge in [-0.3, -0.25) is 37.2 Å². The number of carbonyl (C=O) groups is 8. The Bertz CT molecular complexity index is 5800. The zero-order valence-corrected chi connectivity index (χ0v) is 80.2. The van der Waals surface area contributed by atoms with Crippen LogP contribution >= 0.6 is 0 Å². The molecule has 32 nitrogen and oxygen atoms in total. The molecule has 0 amide bonds. The van der Waals surface area contributed by atoms with E-state index in [-0.39, 0.29) is 109 Å². The summed E-state index contributed by atoms with van der Waals surface area (Å²) < 4.78 is 185. The highest BCUT2D eigenvalue weighted by Crippen LogP contribution is 2.54. The summed E-state index contributed by atoms with van der Waals surface area (Å²) >= 11 is 0. The first-order chi connectivity index (χ1) is 69.6. The molecule has 31 unspecified atom stereocenters. The molecular formula is C104H120F8N16O16. The van der Waals surface area contributed by atoms with Gasteiger partial charge in [-0.1, -0.05) is 0 Å². The molecular weight excluding hydrogens is 1880 g/mol. The molecule has 40 heteroatoms. The highest BCUT2D eigenvalue weighted by atomic mass is 19.2. The van der Waals surface area contributed by atoms with E-state index >= 15 is 35.1 Å². The number of esters is 8. The van der Waals surface area contributed by atoms with Crippen molar-refractivity contribution in [2.24, 2.45) is 47.3 Å². The second-order valence-corrected chi connectivity index (χ2v) is 37.1. The second kappa shape index (κ2) is 45.1. The van der Waals surface area contributed by atoms with Crippen LogP contribution in [0.15, 0.2) is 194 Å². The maximum Gasteiger partial charge on any atom is 0.338 e. The molecule has 17 rings (SSSR count). The second-order valence-electron chi connectivity index (χ2n) is 37.1. The fourth-order valence-electron chi connectivity index (χ4n) is 22.5. The van der Waals surface area contributed by atoms with Crippen molar-refractivity contribution >= 4 is 93.3 Å². The van der Waals surface area contributed by atoms with Crippen molar-refractivity contribution < 1.29 is 111 Å². The third-order valence-electron chi connectivity index (χ3n) is 28.8. The molecule has 768 valence electrons. The number of halogens is 8. The van der Waals surface area contributed by atoms with Gasteiger partial charge in [0, 0.05) is 93.0 Å². The SMILES string of the molecule is CCOC(=O)c1ccc(NC2CC3C4NC(NC5C6C(Nc7ccc(C(=O)OCC)cc7)C(Nc7ccc(C(=O)OCC)cc7)C(Nc7ccc(C(=O)OCC)cc7)C(Nc7ccc(C(=O)OCC)cc7)C6C(NC6NC(NC7NC(N4)C4C(F)C(F)C(F)C(F)C74)C4C(F)C(F)C(F)C(F)C64)N5Nc4ccc(C(=O)OCC)cc4)C3C(Nc3ccc(C(=O)OCC)cc3)C2Nc2ccc(C(=O)OCC)cc2)cc1. The number of anilines is 8. The Morgan fingerprint density at radius 2 is 0.431 bits per heavy atom. The highest BCUT2D eigenvalue weighted by molar-refractivity contribution is 5.94. The number of rotatable bonds is 32. The van der Waals surface area contributed by atoms with Gasteiger partial charge in [0.2, 0.25) is 0 Å². The molecule has 5 saturated heterocycles. The zero-order chi connectivity index (χ0) is 102. The molecule has 4 saturated carbocycles. The number of hydrogen-bond donors (Lipinski definition) is 15. The summed E-state index contributed by atoms with van der Waals surface area (Å²) in [5, 5.41) is 54.3. The Balaban J connectivity index is 0.955. The first-order valence-corrected chi connectivity index (χ1v) is 49.2. The Morgan fingerprint density at radius 1 is 0.236 bits per heavy atom. The van der Waals surface area contributed by atoms with E-state index in [4.69, 9.17) is 37.9 Å². The van der Waals surface area contributed by atoms with Crippen LogP contribution in [0.2, 0.25) is 0 Å². The van der Waals surface area contributed by atoms with Gasteiger partial charge in [0.25, 0.3) is 0 Å². The number of nitrogens with zero attached hydrogens (tertiary/aromatic N) is 1. The monoisotopic (exact) mass is 2000 g/mol. The molecule has 5 heterocycles. The van der Waals surface area contributed by atoms with Crippen molar-refractivity contribution in [3.05, 3.63) is 239 Å². The molecule has 8 aromatic rings. The van der Waals surface area contributed by atoms with E-state index in [1.165, 1.54) is 12.1 Å². The molecule has 31 atom stereocenters. The smallest absolute Gasteiger partial charge is 0.338 e. The van der Waals surface area contributed by atoms with Crippen molar-refractivity contribution in [2.75, 3.05) is 95.5 Å². The Kier molecular flexibility index (Phi) is 32.1. The maximum atomic E-state index is 18.6. The predicted octanol–water partition coefficient (Wildman–Crippen LogP) is 13.0. The summed E-state index contributed by atoms with van der Waals surface area (Å²) in [4.78, 5) is 110. The van der Waals surface area contributed by atoms with E-state index in [2.05, 4.69) is 79.9 Å². The minimum Gasteiger partial charge on any atom is -0.462 e. The topological polar surface area (TPSA) is 394 Å². The van der Waals surface area contributed by atoms with Gasteiger partial charge in [-0.25, -0.2) is 73.5 Å². The molecule has 9 aliphatic rings. The van der Waals surface area contributed by atoms with Gasteiger partial charge >= 0.3 is 47.8 Å². The number of benzene rings is 8. The van der Waals surface area contributed by atoms with E-state index in [9.17, 15) is 38.4 Å². The summed E-state index contributed by atoms with van der Waals surface area (Å²) in [6.07, 6.45) is -36.0. The average molecular weight is 2000 g/mol. The molecule has 8 aromatic carbocycles. The largest absolute Gasteiger partial charge is 0.462 e. The van der Waals surface area contributed by atoms with Gasteiger partial charge < -0.3 is 80.5 Å². The van der Waals surface area contributed by atoms with Crippen molar-refractivity contribution in [1.29, 1.82) is 0 Å². The summed E-state index contributed by atoms with van der Waals surface area (Å²) in [7, 11) is 0. The summed E-state index contributed by atoms with van der Waals surface area (Å²) in [6, 6.07) is 44.3. The van der Waals surface area contributed by atoms with Crippen molar-refractivity contribution in [2.45, 2.75) is 203 Å². The highest BCUT2D eigenvalue weighted by Gasteiger charge is 2.70. The summed E-state index contributed by atoms with van der Waals surface area (Å²) in [6.45, 7) is 13.6. The molecule has 144 heavy (non-hydrogen) atoms. The fraction of sp³-hybridized carbons (Fsp3) is 0.462. The lowest BCUT2D eigenvalue weighted by molar-refractivity contribution is -0.0875. The fourth-order valence-corrected chi connectivity index (χ4v) is 22.5. The third kappa shape index (κ3) is 21.3. The van der Waals surface area contributed by atoms with Gasteiger partial charge in [-0.2, -0.15) is 5.01 Å².